The molecule has 0 bridgehead atoms. The number of methoxy groups -OCH3 is 2. The molecular weight excluding hydrogens is 484 g/mol. The minimum atomic E-state index is -1.26. The molecule has 0 fully saturated rings. The Bertz CT molecular complexity index is 1730. The highest BCUT2D eigenvalue weighted by molar-refractivity contribution is 6.09. The third-order valence-electron chi connectivity index (χ3n) is 8.17. The number of benzene rings is 5. The van der Waals surface area contributed by atoms with Gasteiger partial charge in [0.2, 0.25) is 0 Å². The summed E-state index contributed by atoms with van der Waals surface area (Å²) >= 11 is 0. The molecule has 1 aliphatic heterocycles. The van der Waals surface area contributed by atoms with Gasteiger partial charge in [0.15, 0.2) is 17.1 Å². The number of rotatable bonds is 4. The van der Waals surface area contributed by atoms with Crippen LogP contribution in [0.4, 0.5) is 0 Å². The standard InChI is InChI=1S/C35H28O4/c1-34(36)28-17-11-10-16-25(28)31-27-21-30(38-3)29(37-2)20-26(27)24-18-19-35(39-33(24)32(31)34,22-12-6-4-7-13-22)23-14-8-5-9-15-23/h4-21,36H,1-3H3. The van der Waals surface area contributed by atoms with E-state index in [0.717, 1.165) is 49.7 Å². The molecule has 39 heavy (non-hydrogen) atoms. The van der Waals surface area contributed by atoms with E-state index in [2.05, 4.69) is 42.5 Å². The quantitative estimate of drug-likeness (QED) is 0.272. The highest BCUT2D eigenvalue weighted by Crippen LogP contribution is 2.59. The lowest BCUT2D eigenvalue weighted by molar-refractivity contribution is 0.0941. The molecule has 5 aromatic carbocycles. The number of aliphatic hydroxyl groups is 1. The van der Waals surface area contributed by atoms with Crippen LogP contribution in [0.1, 0.15) is 34.7 Å². The first-order valence-electron chi connectivity index (χ1n) is 13.1. The van der Waals surface area contributed by atoms with Gasteiger partial charge < -0.3 is 19.3 Å². The summed E-state index contributed by atoms with van der Waals surface area (Å²) in [5, 5.41) is 14.1. The third kappa shape index (κ3) is 3.22. The summed E-state index contributed by atoms with van der Waals surface area (Å²) in [7, 11) is 3.29. The zero-order valence-electron chi connectivity index (χ0n) is 22.1. The van der Waals surface area contributed by atoms with Crippen LogP contribution in [-0.2, 0) is 11.2 Å². The van der Waals surface area contributed by atoms with Gasteiger partial charge in [-0.3, -0.25) is 0 Å². The second-order valence-corrected chi connectivity index (χ2v) is 10.3. The molecule has 0 saturated carbocycles. The maximum absolute atomic E-state index is 12.2. The van der Waals surface area contributed by atoms with Gasteiger partial charge in [-0.2, -0.15) is 0 Å². The molecule has 1 atom stereocenters. The molecule has 0 saturated heterocycles. The molecule has 5 aromatic rings. The van der Waals surface area contributed by atoms with Gasteiger partial charge in [-0.1, -0.05) is 84.9 Å². The molecule has 0 radical (unpaired) electrons. The first-order valence-corrected chi connectivity index (χ1v) is 13.1. The van der Waals surface area contributed by atoms with E-state index >= 15 is 0 Å². The number of hydrogen-bond acceptors (Lipinski definition) is 4. The summed E-state index contributed by atoms with van der Waals surface area (Å²) in [6, 6.07) is 32.5. The number of ether oxygens (including phenoxy) is 3. The lowest BCUT2D eigenvalue weighted by atomic mass is 9.81. The van der Waals surface area contributed by atoms with Gasteiger partial charge in [0.1, 0.15) is 11.4 Å². The van der Waals surface area contributed by atoms with E-state index in [1.54, 1.807) is 14.2 Å². The van der Waals surface area contributed by atoms with Crippen molar-refractivity contribution < 1.29 is 19.3 Å². The van der Waals surface area contributed by atoms with Crippen LogP contribution in [-0.4, -0.2) is 19.3 Å². The van der Waals surface area contributed by atoms with E-state index in [-0.39, 0.29) is 0 Å². The van der Waals surface area contributed by atoms with E-state index in [9.17, 15) is 5.11 Å². The minimum Gasteiger partial charge on any atom is -0.493 e. The van der Waals surface area contributed by atoms with E-state index in [4.69, 9.17) is 14.2 Å². The molecule has 4 heteroatoms. The highest BCUT2D eigenvalue weighted by atomic mass is 16.5. The molecule has 1 heterocycles. The van der Waals surface area contributed by atoms with Crippen LogP contribution in [0, 0.1) is 0 Å². The Morgan fingerprint density at radius 3 is 1.90 bits per heavy atom. The van der Waals surface area contributed by atoms with Crippen molar-refractivity contribution in [3.8, 4) is 28.4 Å². The maximum atomic E-state index is 12.2. The zero-order valence-corrected chi connectivity index (χ0v) is 22.1. The van der Waals surface area contributed by atoms with Crippen LogP contribution in [0.25, 0.3) is 28.0 Å². The predicted molar refractivity (Wildman–Crippen MR) is 154 cm³/mol. The predicted octanol–water partition coefficient (Wildman–Crippen LogP) is 7.44. The van der Waals surface area contributed by atoms with E-state index in [0.29, 0.717) is 17.2 Å². The van der Waals surface area contributed by atoms with Crippen molar-refractivity contribution in [3.63, 3.8) is 0 Å². The molecule has 7 rings (SSSR count). The Morgan fingerprint density at radius 2 is 1.28 bits per heavy atom. The van der Waals surface area contributed by atoms with Gasteiger partial charge in [0.25, 0.3) is 0 Å². The van der Waals surface area contributed by atoms with Crippen LogP contribution in [0.5, 0.6) is 17.2 Å². The summed E-state index contributed by atoms with van der Waals surface area (Å²) in [5.74, 6) is 1.95. The van der Waals surface area contributed by atoms with Gasteiger partial charge in [0, 0.05) is 27.8 Å². The molecule has 0 aromatic heterocycles. The van der Waals surface area contributed by atoms with Gasteiger partial charge in [-0.25, -0.2) is 0 Å². The maximum Gasteiger partial charge on any atom is 0.178 e. The molecule has 1 unspecified atom stereocenters. The second-order valence-electron chi connectivity index (χ2n) is 10.3. The summed E-state index contributed by atoms with van der Waals surface area (Å²) in [6.07, 6.45) is 4.26. The number of fused-ring (bicyclic) bond motifs is 8. The fraction of sp³-hybridized carbons (Fsp3) is 0.143. The van der Waals surface area contributed by atoms with Crippen molar-refractivity contribution in [1.82, 2.24) is 0 Å². The highest BCUT2D eigenvalue weighted by Gasteiger charge is 2.46. The fourth-order valence-corrected chi connectivity index (χ4v) is 6.33. The van der Waals surface area contributed by atoms with E-state index in [1.165, 1.54) is 0 Å². The van der Waals surface area contributed by atoms with Crippen molar-refractivity contribution in [3.05, 3.63) is 131 Å². The lowest BCUT2D eigenvalue weighted by Gasteiger charge is -2.38. The molecule has 2 aliphatic rings. The molecule has 1 aliphatic carbocycles. The molecular formula is C35H28O4. The summed E-state index contributed by atoms with van der Waals surface area (Å²) in [5.41, 5.74) is 4.34. The molecule has 0 amide bonds. The van der Waals surface area contributed by atoms with Crippen LogP contribution in [0.3, 0.4) is 0 Å². The van der Waals surface area contributed by atoms with E-state index < -0.39 is 11.2 Å². The van der Waals surface area contributed by atoms with E-state index in [1.807, 2.05) is 73.7 Å². The smallest absolute Gasteiger partial charge is 0.178 e. The third-order valence-corrected chi connectivity index (χ3v) is 8.17. The van der Waals surface area contributed by atoms with Crippen molar-refractivity contribution in [2.75, 3.05) is 14.2 Å². The Balaban J connectivity index is 1.62. The first-order chi connectivity index (χ1) is 19.0. The van der Waals surface area contributed by atoms with Crippen LogP contribution in [0.15, 0.2) is 103 Å². The summed E-state index contributed by atoms with van der Waals surface area (Å²) in [4.78, 5) is 0. The Morgan fingerprint density at radius 1 is 0.718 bits per heavy atom. The van der Waals surface area contributed by atoms with Crippen molar-refractivity contribution in [2.24, 2.45) is 0 Å². The van der Waals surface area contributed by atoms with Crippen molar-refractivity contribution in [1.29, 1.82) is 0 Å². The van der Waals surface area contributed by atoms with Gasteiger partial charge in [-0.15, -0.1) is 0 Å². The molecule has 192 valence electrons. The average Bonchev–Trinajstić information content (AvgIpc) is 3.24. The van der Waals surface area contributed by atoms with Crippen LogP contribution >= 0.6 is 0 Å². The van der Waals surface area contributed by atoms with Gasteiger partial charge in [0.05, 0.1) is 14.2 Å². The van der Waals surface area contributed by atoms with Crippen LogP contribution < -0.4 is 14.2 Å². The topological polar surface area (TPSA) is 47.9 Å². The van der Waals surface area contributed by atoms with Gasteiger partial charge >= 0.3 is 0 Å². The fourth-order valence-electron chi connectivity index (χ4n) is 6.33. The minimum absolute atomic E-state index is 0.639. The van der Waals surface area contributed by atoms with Crippen molar-refractivity contribution in [2.45, 2.75) is 18.1 Å². The monoisotopic (exact) mass is 512 g/mol. The second kappa shape index (κ2) is 8.48. The average molecular weight is 513 g/mol. The first kappa shape index (κ1) is 23.6. The molecule has 0 spiro atoms. The Labute approximate surface area is 227 Å². The summed E-state index contributed by atoms with van der Waals surface area (Å²) in [6.45, 7) is 1.86. The summed E-state index contributed by atoms with van der Waals surface area (Å²) < 4.78 is 18.6. The largest absolute Gasteiger partial charge is 0.493 e. The van der Waals surface area contributed by atoms with Crippen molar-refractivity contribution >= 4 is 16.8 Å². The Kier molecular flexibility index (Phi) is 5.13. The Hall–Kier alpha value is -4.54. The molecule has 1 N–H and O–H groups in total. The normalized spacial score (nSPS) is 18.2. The van der Waals surface area contributed by atoms with Crippen LogP contribution in [0.2, 0.25) is 0 Å². The SMILES string of the molecule is COc1cc2c3c(c4c(c2cc1OC)-c1ccccc1C4(C)O)OC(c1ccccc1)(c1ccccc1)C=C3. The van der Waals surface area contributed by atoms with Gasteiger partial charge in [-0.05, 0) is 53.1 Å². The zero-order chi connectivity index (χ0) is 26.8. The molecule has 4 nitrogen and oxygen atoms in total. The number of hydrogen-bond donors (Lipinski definition) is 1. The lowest BCUT2D eigenvalue weighted by Crippen LogP contribution is -2.35.